The lowest BCUT2D eigenvalue weighted by Gasteiger charge is -2.13. The predicted octanol–water partition coefficient (Wildman–Crippen LogP) is 5.60. The molecule has 10 nitrogen and oxygen atoms in total. The lowest BCUT2D eigenvalue weighted by Crippen LogP contribution is -2.32. The van der Waals surface area contributed by atoms with E-state index >= 15 is 0 Å². The fraction of sp³-hybridized carbons (Fsp3) is 0.125. The van der Waals surface area contributed by atoms with Crippen LogP contribution in [-0.4, -0.2) is 42.1 Å². The smallest absolute Gasteiger partial charge is 0.333 e. The van der Waals surface area contributed by atoms with E-state index in [1.54, 1.807) is 55.5 Å². The van der Waals surface area contributed by atoms with Crippen LogP contribution in [0.3, 0.4) is 0 Å². The van der Waals surface area contributed by atoms with Gasteiger partial charge in [-0.1, -0.05) is 43.0 Å². The number of aryl methyl sites for hydroxylation is 1. The van der Waals surface area contributed by atoms with Crippen LogP contribution >= 0.6 is 0 Å². The van der Waals surface area contributed by atoms with Crippen molar-refractivity contribution in [2.75, 3.05) is 29.1 Å². The second-order valence-corrected chi connectivity index (χ2v) is 9.53. The minimum atomic E-state index is -0.538. The summed E-state index contributed by atoms with van der Waals surface area (Å²) >= 11 is 0. The molecule has 4 aromatic rings. The molecule has 0 bridgehead atoms. The van der Waals surface area contributed by atoms with Crippen molar-refractivity contribution in [3.05, 3.63) is 108 Å². The molecule has 42 heavy (non-hydrogen) atoms. The number of urea groups is 1. The molecule has 5 N–H and O–H groups in total. The van der Waals surface area contributed by atoms with Crippen molar-refractivity contribution >= 4 is 51.6 Å². The number of benzene rings is 4. The highest BCUT2D eigenvalue weighted by Gasteiger charge is 2.15. The molecule has 0 radical (unpaired) electrons. The number of aromatic hydroxyl groups is 1. The normalized spacial score (nSPS) is 10.4. The van der Waals surface area contributed by atoms with E-state index in [9.17, 15) is 24.3 Å². The Balaban J connectivity index is 1.37. The van der Waals surface area contributed by atoms with Gasteiger partial charge in [-0.15, -0.1) is 0 Å². The van der Waals surface area contributed by atoms with Gasteiger partial charge in [0.15, 0.2) is 0 Å². The summed E-state index contributed by atoms with van der Waals surface area (Å²) in [6, 6.07) is 21.5. The van der Waals surface area contributed by atoms with Crippen LogP contribution in [0, 0.1) is 6.92 Å². The third-order valence-corrected chi connectivity index (χ3v) is 6.20. The van der Waals surface area contributed by atoms with Gasteiger partial charge in [0.1, 0.15) is 12.4 Å². The molecule has 0 aromatic heterocycles. The highest BCUT2D eigenvalue weighted by Crippen LogP contribution is 2.26. The van der Waals surface area contributed by atoms with Crippen LogP contribution in [0.1, 0.15) is 33.2 Å². The van der Waals surface area contributed by atoms with Crippen molar-refractivity contribution in [2.45, 2.75) is 13.8 Å². The number of esters is 1. The number of carbonyl (C=O) groups excluding carboxylic acids is 4. The van der Waals surface area contributed by atoms with Crippen molar-refractivity contribution in [1.29, 1.82) is 0 Å². The maximum absolute atomic E-state index is 13.0. The summed E-state index contributed by atoms with van der Waals surface area (Å²) in [5.74, 6) is -1.60. The molecular formula is C32H30N4O6. The van der Waals surface area contributed by atoms with Crippen LogP contribution in [-0.2, 0) is 9.53 Å². The SMILES string of the molecule is C=C(C)C(=O)OCCNC(=O)Nc1cc(C(=O)Nc2cccc(NC(=O)c3cc4ccccc4cc3O)c2)ccc1C. The molecule has 0 saturated carbocycles. The Bertz CT molecular complexity index is 1700. The summed E-state index contributed by atoms with van der Waals surface area (Å²) in [5, 5.41) is 22.8. The highest BCUT2D eigenvalue weighted by atomic mass is 16.5. The molecule has 10 heteroatoms. The Morgan fingerprint density at radius 1 is 0.810 bits per heavy atom. The maximum atomic E-state index is 13.0. The van der Waals surface area contributed by atoms with Gasteiger partial charge in [0.25, 0.3) is 11.8 Å². The standard InChI is InChI=1S/C32H30N4O6/c1-19(2)31(40)42-14-13-33-32(41)36-27-16-23(12-11-20(27)3)29(38)34-24-9-6-10-25(18-24)35-30(39)26-15-21-7-4-5-8-22(21)17-28(26)37/h4-12,15-18,37H,1,13-14H2,2-3H3,(H,34,38)(H,35,39)(H2,33,36,41). The largest absolute Gasteiger partial charge is 0.507 e. The summed E-state index contributed by atoms with van der Waals surface area (Å²) in [6.45, 7) is 6.89. The molecule has 0 atom stereocenters. The third-order valence-electron chi connectivity index (χ3n) is 6.20. The number of amides is 4. The van der Waals surface area contributed by atoms with Crippen LogP contribution < -0.4 is 21.3 Å². The Morgan fingerprint density at radius 3 is 2.17 bits per heavy atom. The van der Waals surface area contributed by atoms with E-state index in [0.717, 1.165) is 16.3 Å². The minimum absolute atomic E-state index is 0.0104. The summed E-state index contributed by atoms with van der Waals surface area (Å²) in [6.07, 6.45) is 0. The Hall–Kier alpha value is -5.64. The van der Waals surface area contributed by atoms with Gasteiger partial charge in [0.05, 0.1) is 12.1 Å². The van der Waals surface area contributed by atoms with E-state index in [4.69, 9.17) is 4.74 Å². The number of carbonyl (C=O) groups is 4. The van der Waals surface area contributed by atoms with Gasteiger partial charge in [-0.2, -0.15) is 0 Å². The van der Waals surface area contributed by atoms with E-state index in [-0.39, 0.29) is 30.0 Å². The lowest BCUT2D eigenvalue weighted by atomic mass is 10.1. The maximum Gasteiger partial charge on any atom is 0.333 e. The van der Waals surface area contributed by atoms with Crippen molar-refractivity contribution in [1.82, 2.24) is 5.32 Å². The first-order chi connectivity index (χ1) is 20.1. The number of anilines is 3. The molecule has 0 saturated heterocycles. The third kappa shape index (κ3) is 7.51. The molecule has 214 valence electrons. The predicted molar refractivity (Wildman–Crippen MR) is 162 cm³/mol. The number of fused-ring (bicyclic) bond motifs is 1. The van der Waals surface area contributed by atoms with Crippen LogP contribution in [0.2, 0.25) is 0 Å². The van der Waals surface area contributed by atoms with Crippen molar-refractivity contribution < 1.29 is 29.0 Å². The Labute approximate surface area is 242 Å². The first kappa shape index (κ1) is 29.3. The Morgan fingerprint density at radius 2 is 1.48 bits per heavy atom. The zero-order valence-electron chi connectivity index (χ0n) is 23.1. The Kier molecular flexibility index (Phi) is 9.18. The zero-order chi connectivity index (χ0) is 30.2. The molecule has 4 amide bonds. The van der Waals surface area contributed by atoms with Gasteiger partial charge in [-0.05, 0) is 72.6 Å². The average Bonchev–Trinajstić information content (AvgIpc) is 2.96. The molecule has 0 spiro atoms. The van der Waals surface area contributed by atoms with E-state index in [0.29, 0.717) is 22.6 Å². The van der Waals surface area contributed by atoms with Crippen LogP contribution in [0.15, 0.2) is 91.0 Å². The summed E-state index contributed by atoms with van der Waals surface area (Å²) < 4.78 is 4.94. The molecular weight excluding hydrogens is 536 g/mol. The summed E-state index contributed by atoms with van der Waals surface area (Å²) in [4.78, 5) is 49.6. The molecule has 4 rings (SSSR count). The molecule has 0 fully saturated rings. The molecule has 0 heterocycles. The van der Waals surface area contributed by atoms with Crippen LogP contribution in [0.4, 0.5) is 21.9 Å². The van der Waals surface area contributed by atoms with E-state index in [1.165, 1.54) is 13.0 Å². The lowest BCUT2D eigenvalue weighted by molar-refractivity contribution is -0.138. The monoisotopic (exact) mass is 566 g/mol. The number of hydrogen-bond donors (Lipinski definition) is 5. The van der Waals surface area contributed by atoms with Gasteiger partial charge >= 0.3 is 12.0 Å². The number of phenols is 1. The second kappa shape index (κ2) is 13.1. The fourth-order valence-electron chi connectivity index (χ4n) is 3.98. The van der Waals surface area contributed by atoms with Gasteiger partial charge in [-0.3, -0.25) is 9.59 Å². The minimum Gasteiger partial charge on any atom is -0.507 e. The van der Waals surface area contributed by atoms with Crippen LogP contribution in [0.5, 0.6) is 5.75 Å². The molecule has 0 unspecified atom stereocenters. The molecule has 0 aliphatic rings. The fourth-order valence-corrected chi connectivity index (χ4v) is 3.98. The average molecular weight is 567 g/mol. The second-order valence-electron chi connectivity index (χ2n) is 9.53. The van der Waals surface area contributed by atoms with Crippen molar-refractivity contribution in [3.63, 3.8) is 0 Å². The van der Waals surface area contributed by atoms with Gasteiger partial charge in [0.2, 0.25) is 0 Å². The van der Waals surface area contributed by atoms with Gasteiger partial charge < -0.3 is 31.1 Å². The van der Waals surface area contributed by atoms with Gasteiger partial charge in [0, 0.05) is 28.2 Å². The first-order valence-electron chi connectivity index (χ1n) is 13.0. The quantitative estimate of drug-likeness (QED) is 0.101. The van der Waals surface area contributed by atoms with Gasteiger partial charge in [-0.25, -0.2) is 9.59 Å². The molecule has 0 aliphatic carbocycles. The summed E-state index contributed by atoms with van der Waals surface area (Å²) in [5.41, 5.74) is 2.69. The topological polar surface area (TPSA) is 146 Å². The van der Waals surface area contributed by atoms with Crippen molar-refractivity contribution in [3.8, 4) is 5.75 Å². The molecule has 4 aromatic carbocycles. The van der Waals surface area contributed by atoms with Crippen molar-refractivity contribution in [2.24, 2.45) is 0 Å². The molecule has 0 aliphatic heterocycles. The van der Waals surface area contributed by atoms with E-state index in [2.05, 4.69) is 27.8 Å². The first-order valence-corrected chi connectivity index (χ1v) is 13.0. The zero-order valence-corrected chi connectivity index (χ0v) is 23.1. The number of hydrogen-bond acceptors (Lipinski definition) is 6. The van der Waals surface area contributed by atoms with Crippen LogP contribution in [0.25, 0.3) is 10.8 Å². The van der Waals surface area contributed by atoms with E-state index < -0.39 is 23.8 Å². The number of ether oxygens (including phenoxy) is 1. The van der Waals surface area contributed by atoms with E-state index in [1.807, 2.05) is 24.3 Å². The number of rotatable bonds is 9. The number of phenolic OH excluding ortho intramolecular Hbond substituents is 1. The highest BCUT2D eigenvalue weighted by molar-refractivity contribution is 6.09. The summed E-state index contributed by atoms with van der Waals surface area (Å²) in [7, 11) is 0. The number of nitrogens with one attached hydrogen (secondary N) is 4.